The molecule has 0 heterocycles. The van der Waals surface area contributed by atoms with Gasteiger partial charge in [0, 0.05) is 11.4 Å². The number of hydrogen-bond donors (Lipinski definition) is 0. The smallest absolute Gasteiger partial charge is 0.166 e. The van der Waals surface area contributed by atoms with Crippen LogP contribution in [0.4, 0.5) is 4.39 Å². The highest BCUT2D eigenvalue weighted by atomic mass is 35.5. The maximum absolute atomic E-state index is 13.4. The lowest BCUT2D eigenvalue weighted by Crippen LogP contribution is -2.07. The van der Waals surface area contributed by atoms with E-state index < -0.39 is 5.82 Å². The highest BCUT2D eigenvalue weighted by molar-refractivity contribution is 6.30. The zero-order valence-electron chi connectivity index (χ0n) is 9.59. The number of ketones is 1. The van der Waals surface area contributed by atoms with Gasteiger partial charge in [-0.05, 0) is 24.1 Å². The van der Waals surface area contributed by atoms with Gasteiger partial charge in [-0.15, -0.1) is 0 Å². The van der Waals surface area contributed by atoms with Crippen LogP contribution in [0.25, 0.3) is 0 Å². The minimum atomic E-state index is -0.527. The summed E-state index contributed by atoms with van der Waals surface area (Å²) in [5, 5.41) is 0.315. The van der Waals surface area contributed by atoms with Gasteiger partial charge in [-0.1, -0.05) is 38.3 Å². The van der Waals surface area contributed by atoms with E-state index in [1.54, 1.807) is 6.07 Å². The second kappa shape index (κ2) is 6.00. The summed E-state index contributed by atoms with van der Waals surface area (Å²) in [6, 6.07) is 4.18. The Hall–Kier alpha value is -0.890. The lowest BCUT2D eigenvalue weighted by Gasteiger charge is -2.09. The molecule has 1 unspecified atom stereocenters. The summed E-state index contributed by atoms with van der Waals surface area (Å²) in [7, 11) is 0. The fraction of sp³-hybridized carbons (Fsp3) is 0.462. The normalized spacial score (nSPS) is 12.5. The number of Topliss-reactive ketones (excluding diaryl/α,β-unsaturated/α-hetero) is 1. The molecule has 0 aromatic heterocycles. The van der Waals surface area contributed by atoms with E-state index in [1.807, 2.05) is 6.92 Å². The van der Waals surface area contributed by atoms with Crippen LogP contribution < -0.4 is 0 Å². The summed E-state index contributed by atoms with van der Waals surface area (Å²) < 4.78 is 13.4. The van der Waals surface area contributed by atoms with E-state index in [9.17, 15) is 9.18 Å². The fourth-order valence-electron chi connectivity index (χ4n) is 1.74. The van der Waals surface area contributed by atoms with Crippen LogP contribution in [0.3, 0.4) is 0 Å². The Balaban J connectivity index is 2.73. The minimum absolute atomic E-state index is 0.143. The van der Waals surface area contributed by atoms with Crippen molar-refractivity contribution in [1.29, 1.82) is 0 Å². The summed E-state index contributed by atoms with van der Waals surface area (Å²) in [5.74, 6) is -0.371. The molecule has 1 aromatic rings. The van der Waals surface area contributed by atoms with Crippen LogP contribution >= 0.6 is 11.6 Å². The molecular formula is C13H16ClFO. The highest BCUT2D eigenvalue weighted by Gasteiger charge is 2.14. The molecule has 0 spiro atoms. The van der Waals surface area contributed by atoms with E-state index in [1.165, 1.54) is 12.1 Å². The van der Waals surface area contributed by atoms with Crippen LogP contribution in [0.2, 0.25) is 5.02 Å². The lowest BCUT2D eigenvalue weighted by molar-refractivity contribution is 0.0958. The molecule has 1 nitrogen and oxygen atoms in total. The summed E-state index contributed by atoms with van der Waals surface area (Å²) in [4.78, 5) is 11.8. The maximum atomic E-state index is 13.4. The Labute approximate surface area is 101 Å². The van der Waals surface area contributed by atoms with Crippen molar-refractivity contribution < 1.29 is 9.18 Å². The molecule has 1 rings (SSSR count). The van der Waals surface area contributed by atoms with E-state index in [0.29, 0.717) is 17.4 Å². The molecule has 1 atom stereocenters. The van der Waals surface area contributed by atoms with Crippen LogP contribution in [0.1, 0.15) is 43.5 Å². The lowest BCUT2D eigenvalue weighted by atomic mass is 9.96. The molecule has 0 radical (unpaired) electrons. The first-order valence-corrected chi connectivity index (χ1v) is 5.90. The Morgan fingerprint density at radius 1 is 1.50 bits per heavy atom. The SMILES string of the molecule is CCCC(C)CC(=O)c1ccc(Cl)cc1F. The molecule has 0 aliphatic carbocycles. The molecule has 88 valence electrons. The van der Waals surface area contributed by atoms with E-state index in [-0.39, 0.29) is 11.3 Å². The molecule has 0 bridgehead atoms. The molecule has 16 heavy (non-hydrogen) atoms. The van der Waals surface area contributed by atoms with E-state index >= 15 is 0 Å². The maximum Gasteiger partial charge on any atom is 0.166 e. The van der Waals surface area contributed by atoms with Gasteiger partial charge < -0.3 is 0 Å². The Bertz CT molecular complexity index is 376. The van der Waals surface area contributed by atoms with Crippen LogP contribution in [-0.2, 0) is 0 Å². The Morgan fingerprint density at radius 2 is 2.19 bits per heavy atom. The zero-order chi connectivity index (χ0) is 12.1. The average Bonchev–Trinajstić information content (AvgIpc) is 2.17. The summed E-state index contributed by atoms with van der Waals surface area (Å²) in [5.41, 5.74) is 0.146. The second-order valence-electron chi connectivity index (χ2n) is 4.15. The van der Waals surface area contributed by atoms with Gasteiger partial charge in [-0.3, -0.25) is 4.79 Å². The van der Waals surface area contributed by atoms with Crippen LogP contribution in [-0.4, -0.2) is 5.78 Å². The molecule has 0 saturated carbocycles. The van der Waals surface area contributed by atoms with Crippen molar-refractivity contribution in [3.8, 4) is 0 Å². The van der Waals surface area contributed by atoms with Gasteiger partial charge in [0.1, 0.15) is 5.82 Å². The first kappa shape index (κ1) is 13.2. The number of carbonyl (C=O) groups excluding carboxylic acids is 1. The molecule has 0 amide bonds. The molecule has 0 aliphatic rings. The standard InChI is InChI=1S/C13H16ClFO/c1-3-4-9(2)7-13(16)11-6-5-10(14)8-12(11)15/h5-6,8-9H,3-4,7H2,1-2H3. The van der Waals surface area contributed by atoms with Gasteiger partial charge in [-0.2, -0.15) is 0 Å². The van der Waals surface area contributed by atoms with Crippen LogP contribution in [0.15, 0.2) is 18.2 Å². The van der Waals surface area contributed by atoms with E-state index in [4.69, 9.17) is 11.6 Å². The van der Waals surface area contributed by atoms with Gasteiger partial charge in [-0.25, -0.2) is 4.39 Å². The van der Waals surface area contributed by atoms with Crippen LogP contribution in [0.5, 0.6) is 0 Å². The first-order valence-electron chi connectivity index (χ1n) is 5.52. The molecular weight excluding hydrogens is 227 g/mol. The Kier molecular flexibility index (Phi) is 4.94. The quantitative estimate of drug-likeness (QED) is 0.696. The summed E-state index contributed by atoms with van der Waals surface area (Å²) in [6.45, 7) is 4.08. The monoisotopic (exact) mass is 242 g/mol. The molecule has 0 N–H and O–H groups in total. The minimum Gasteiger partial charge on any atom is -0.294 e. The third kappa shape index (κ3) is 3.60. The van der Waals surface area contributed by atoms with Crippen LogP contribution in [0, 0.1) is 11.7 Å². The molecule has 1 aromatic carbocycles. The van der Waals surface area contributed by atoms with E-state index in [0.717, 1.165) is 12.8 Å². The number of carbonyl (C=O) groups is 1. The van der Waals surface area contributed by atoms with Gasteiger partial charge in [0.25, 0.3) is 0 Å². The van der Waals surface area contributed by atoms with Crippen molar-refractivity contribution in [1.82, 2.24) is 0 Å². The third-order valence-corrected chi connectivity index (χ3v) is 2.78. The third-order valence-electron chi connectivity index (χ3n) is 2.55. The van der Waals surface area contributed by atoms with Crippen molar-refractivity contribution in [2.75, 3.05) is 0 Å². The number of hydrogen-bond acceptors (Lipinski definition) is 1. The highest BCUT2D eigenvalue weighted by Crippen LogP contribution is 2.19. The average molecular weight is 243 g/mol. The predicted molar refractivity (Wildman–Crippen MR) is 64.4 cm³/mol. The van der Waals surface area contributed by atoms with Crippen molar-refractivity contribution in [2.24, 2.45) is 5.92 Å². The number of rotatable bonds is 5. The van der Waals surface area contributed by atoms with Crippen molar-refractivity contribution >= 4 is 17.4 Å². The largest absolute Gasteiger partial charge is 0.294 e. The van der Waals surface area contributed by atoms with Gasteiger partial charge in [0.2, 0.25) is 0 Å². The van der Waals surface area contributed by atoms with Crippen molar-refractivity contribution in [3.63, 3.8) is 0 Å². The number of halogens is 2. The number of benzene rings is 1. The second-order valence-corrected chi connectivity index (χ2v) is 4.58. The molecule has 0 saturated heterocycles. The zero-order valence-corrected chi connectivity index (χ0v) is 10.4. The predicted octanol–water partition coefficient (Wildman–Crippen LogP) is 4.49. The van der Waals surface area contributed by atoms with Crippen molar-refractivity contribution in [3.05, 3.63) is 34.6 Å². The van der Waals surface area contributed by atoms with Gasteiger partial charge in [0.15, 0.2) is 5.78 Å². The van der Waals surface area contributed by atoms with Gasteiger partial charge >= 0.3 is 0 Å². The molecule has 3 heteroatoms. The summed E-state index contributed by atoms with van der Waals surface area (Å²) >= 11 is 5.63. The van der Waals surface area contributed by atoms with Crippen molar-refractivity contribution in [2.45, 2.75) is 33.1 Å². The van der Waals surface area contributed by atoms with Gasteiger partial charge in [0.05, 0.1) is 5.56 Å². The Morgan fingerprint density at radius 3 is 2.75 bits per heavy atom. The summed E-state index contributed by atoms with van der Waals surface area (Å²) in [6.07, 6.45) is 2.42. The molecule has 0 fully saturated rings. The van der Waals surface area contributed by atoms with E-state index in [2.05, 4.69) is 6.92 Å². The fourth-order valence-corrected chi connectivity index (χ4v) is 1.90. The topological polar surface area (TPSA) is 17.1 Å². The molecule has 0 aliphatic heterocycles. The first-order chi connectivity index (χ1) is 7.54.